The minimum absolute atomic E-state index is 0.0854. The third-order valence-corrected chi connectivity index (χ3v) is 3.66. The Kier molecular flexibility index (Phi) is 9.73. The van der Waals surface area contributed by atoms with Crippen LogP contribution >= 0.6 is 0 Å². The van der Waals surface area contributed by atoms with Crippen molar-refractivity contribution in [3.63, 3.8) is 0 Å². The standard InChI is InChI=1S/C17H25N3O6/c1-24-15(21)13(9-6-10-14(20-18)16(22)25-2)19-17(23)26-11-12-7-4-3-5-8-12/h3-5,7-8,13-14,20H,6,9-11,18H2,1-2H3,(H,19,23)/t13-,14-/m0/s1. The fourth-order valence-electron chi connectivity index (χ4n) is 2.24. The van der Waals surface area contributed by atoms with Gasteiger partial charge in [0, 0.05) is 0 Å². The van der Waals surface area contributed by atoms with Crippen molar-refractivity contribution in [3.8, 4) is 0 Å². The van der Waals surface area contributed by atoms with Crippen molar-refractivity contribution < 1.29 is 28.6 Å². The van der Waals surface area contributed by atoms with Crippen LogP contribution in [0, 0.1) is 0 Å². The highest BCUT2D eigenvalue weighted by molar-refractivity contribution is 5.81. The van der Waals surface area contributed by atoms with Gasteiger partial charge < -0.3 is 19.5 Å². The van der Waals surface area contributed by atoms with Crippen molar-refractivity contribution >= 4 is 18.0 Å². The molecule has 1 aromatic carbocycles. The summed E-state index contributed by atoms with van der Waals surface area (Å²) in [4.78, 5) is 35.2. The number of carbonyl (C=O) groups is 3. The molecule has 1 amide bonds. The summed E-state index contributed by atoms with van der Waals surface area (Å²) < 4.78 is 14.4. The van der Waals surface area contributed by atoms with Crippen LogP contribution in [0.15, 0.2) is 30.3 Å². The Morgan fingerprint density at radius 1 is 1.00 bits per heavy atom. The van der Waals surface area contributed by atoms with Crippen LogP contribution in [-0.4, -0.2) is 44.3 Å². The Morgan fingerprint density at radius 3 is 2.15 bits per heavy atom. The number of carbonyl (C=O) groups excluding carboxylic acids is 3. The van der Waals surface area contributed by atoms with Crippen LogP contribution in [0.4, 0.5) is 4.79 Å². The van der Waals surface area contributed by atoms with Gasteiger partial charge in [0.1, 0.15) is 18.7 Å². The molecule has 0 saturated heterocycles. The van der Waals surface area contributed by atoms with Crippen LogP contribution in [-0.2, 0) is 30.4 Å². The van der Waals surface area contributed by atoms with Crippen LogP contribution in [0.5, 0.6) is 0 Å². The Labute approximate surface area is 152 Å². The number of benzene rings is 1. The van der Waals surface area contributed by atoms with E-state index in [0.717, 1.165) is 5.56 Å². The molecule has 144 valence electrons. The first kappa shape index (κ1) is 21.4. The lowest BCUT2D eigenvalue weighted by molar-refractivity contribution is -0.143. The molecule has 4 N–H and O–H groups in total. The molecular weight excluding hydrogens is 342 g/mol. The number of nitrogens with two attached hydrogens (primary N) is 1. The number of methoxy groups -OCH3 is 2. The van der Waals surface area contributed by atoms with Crippen LogP contribution in [0.3, 0.4) is 0 Å². The van der Waals surface area contributed by atoms with Gasteiger partial charge in [-0.15, -0.1) is 0 Å². The molecule has 0 fully saturated rings. The van der Waals surface area contributed by atoms with E-state index in [0.29, 0.717) is 12.8 Å². The van der Waals surface area contributed by atoms with Crippen molar-refractivity contribution in [1.82, 2.24) is 10.7 Å². The number of hydrogen-bond acceptors (Lipinski definition) is 8. The summed E-state index contributed by atoms with van der Waals surface area (Å²) in [7, 11) is 2.49. The van der Waals surface area contributed by atoms with Crippen molar-refractivity contribution in [3.05, 3.63) is 35.9 Å². The Balaban J connectivity index is 2.48. The molecule has 0 spiro atoms. The van der Waals surface area contributed by atoms with Gasteiger partial charge in [-0.3, -0.25) is 10.6 Å². The second-order valence-corrected chi connectivity index (χ2v) is 5.46. The number of hydrogen-bond donors (Lipinski definition) is 3. The molecule has 0 saturated carbocycles. The third kappa shape index (κ3) is 7.49. The zero-order chi connectivity index (χ0) is 19.4. The predicted octanol–water partition coefficient (Wildman–Crippen LogP) is 0.630. The first-order valence-corrected chi connectivity index (χ1v) is 8.10. The minimum Gasteiger partial charge on any atom is -0.468 e. The van der Waals surface area contributed by atoms with Gasteiger partial charge in [0.15, 0.2) is 0 Å². The molecule has 0 radical (unpaired) electrons. The van der Waals surface area contributed by atoms with Gasteiger partial charge in [0.05, 0.1) is 14.2 Å². The van der Waals surface area contributed by atoms with Gasteiger partial charge in [0.2, 0.25) is 0 Å². The maximum absolute atomic E-state index is 11.9. The van der Waals surface area contributed by atoms with Crippen LogP contribution in [0.25, 0.3) is 0 Å². The Morgan fingerprint density at radius 2 is 1.58 bits per heavy atom. The average Bonchev–Trinajstić information content (AvgIpc) is 2.68. The number of ether oxygens (including phenoxy) is 3. The van der Waals surface area contributed by atoms with E-state index in [1.807, 2.05) is 30.3 Å². The van der Waals surface area contributed by atoms with Crippen molar-refractivity contribution in [2.24, 2.45) is 5.84 Å². The van der Waals surface area contributed by atoms with Crippen LogP contribution < -0.4 is 16.6 Å². The minimum atomic E-state index is -0.889. The highest BCUT2D eigenvalue weighted by Crippen LogP contribution is 2.08. The second kappa shape index (κ2) is 11.8. The molecule has 0 bridgehead atoms. The number of rotatable bonds is 10. The molecule has 26 heavy (non-hydrogen) atoms. The summed E-state index contributed by atoms with van der Waals surface area (Å²) in [6, 6.07) is 7.57. The molecule has 0 aliphatic heterocycles. The molecule has 2 atom stereocenters. The molecule has 9 nitrogen and oxygen atoms in total. The fraction of sp³-hybridized carbons (Fsp3) is 0.471. The van der Waals surface area contributed by atoms with Gasteiger partial charge in [-0.2, -0.15) is 0 Å². The molecule has 1 rings (SSSR count). The summed E-state index contributed by atoms with van der Waals surface area (Å²) in [5.74, 6) is 4.19. The zero-order valence-electron chi connectivity index (χ0n) is 14.9. The lowest BCUT2D eigenvalue weighted by Gasteiger charge is -2.18. The van der Waals surface area contributed by atoms with Gasteiger partial charge in [-0.1, -0.05) is 30.3 Å². The second-order valence-electron chi connectivity index (χ2n) is 5.46. The summed E-state index contributed by atoms with van der Waals surface area (Å²) in [6.45, 7) is 0.0854. The fourth-order valence-corrected chi connectivity index (χ4v) is 2.24. The maximum atomic E-state index is 11.9. The lowest BCUT2D eigenvalue weighted by Crippen LogP contribution is -2.44. The summed E-state index contributed by atoms with van der Waals surface area (Å²) in [6.07, 6.45) is 0.272. The number of nitrogens with one attached hydrogen (secondary N) is 2. The predicted molar refractivity (Wildman–Crippen MR) is 92.5 cm³/mol. The quantitative estimate of drug-likeness (QED) is 0.238. The van der Waals surface area contributed by atoms with Crippen LogP contribution in [0.1, 0.15) is 24.8 Å². The van der Waals surface area contributed by atoms with E-state index in [1.54, 1.807) is 0 Å². The average molecular weight is 367 g/mol. The van der Waals surface area contributed by atoms with E-state index in [2.05, 4.69) is 20.2 Å². The number of amides is 1. The van der Waals surface area contributed by atoms with E-state index in [-0.39, 0.29) is 13.0 Å². The third-order valence-electron chi connectivity index (χ3n) is 3.66. The largest absolute Gasteiger partial charge is 0.468 e. The van der Waals surface area contributed by atoms with Gasteiger partial charge in [-0.05, 0) is 24.8 Å². The molecule has 0 unspecified atom stereocenters. The number of esters is 2. The van der Waals surface area contributed by atoms with E-state index >= 15 is 0 Å². The lowest BCUT2D eigenvalue weighted by atomic mass is 10.1. The van der Waals surface area contributed by atoms with E-state index < -0.39 is 30.1 Å². The van der Waals surface area contributed by atoms with Gasteiger partial charge in [0.25, 0.3) is 0 Å². The van der Waals surface area contributed by atoms with E-state index in [4.69, 9.17) is 10.6 Å². The van der Waals surface area contributed by atoms with Crippen molar-refractivity contribution in [2.75, 3.05) is 14.2 Å². The molecule has 0 aliphatic carbocycles. The summed E-state index contributed by atoms with van der Waals surface area (Å²) in [5, 5.41) is 2.47. The number of alkyl carbamates (subject to hydrolysis) is 1. The SMILES string of the molecule is COC(=O)[C@H](CCC[C@H](NC(=O)OCc1ccccc1)C(=O)OC)NN. The normalized spacial score (nSPS) is 12.6. The molecule has 9 heteroatoms. The van der Waals surface area contributed by atoms with Gasteiger partial charge >= 0.3 is 18.0 Å². The first-order chi connectivity index (χ1) is 12.5. The summed E-state index contributed by atoms with van der Waals surface area (Å²) >= 11 is 0. The summed E-state index contributed by atoms with van der Waals surface area (Å²) in [5.41, 5.74) is 3.17. The Hall–Kier alpha value is -2.65. The van der Waals surface area contributed by atoms with Gasteiger partial charge in [-0.25, -0.2) is 15.0 Å². The molecular formula is C17H25N3O6. The highest BCUT2D eigenvalue weighted by atomic mass is 16.6. The topological polar surface area (TPSA) is 129 Å². The first-order valence-electron chi connectivity index (χ1n) is 8.10. The van der Waals surface area contributed by atoms with Crippen molar-refractivity contribution in [2.45, 2.75) is 38.0 Å². The highest BCUT2D eigenvalue weighted by Gasteiger charge is 2.24. The molecule has 0 heterocycles. The smallest absolute Gasteiger partial charge is 0.408 e. The van der Waals surface area contributed by atoms with Crippen LogP contribution in [0.2, 0.25) is 0 Å². The maximum Gasteiger partial charge on any atom is 0.408 e. The monoisotopic (exact) mass is 367 g/mol. The molecule has 0 aliphatic rings. The Bertz CT molecular complexity index is 581. The molecule has 0 aromatic heterocycles. The number of hydrazine groups is 1. The van der Waals surface area contributed by atoms with Crippen molar-refractivity contribution in [1.29, 1.82) is 0 Å². The van der Waals surface area contributed by atoms with E-state index in [9.17, 15) is 14.4 Å². The van der Waals surface area contributed by atoms with E-state index in [1.165, 1.54) is 14.2 Å². The molecule has 1 aromatic rings. The zero-order valence-corrected chi connectivity index (χ0v) is 14.9.